The quantitative estimate of drug-likeness (QED) is 0.404. The second-order valence-corrected chi connectivity index (χ2v) is 0. The van der Waals surface area contributed by atoms with E-state index in [0.717, 1.165) is 0 Å². The van der Waals surface area contributed by atoms with Gasteiger partial charge in [0.15, 0.2) is 0 Å². The molecule has 2 radical (unpaired) electrons. The zero-order chi connectivity index (χ0) is 0. The first kappa shape index (κ1) is 297. The molecule has 0 unspecified atom stereocenters. The molecule has 0 N–H and O–H groups in total. The van der Waals surface area contributed by atoms with Crippen LogP contribution < -0.4 is 0 Å². The van der Waals surface area contributed by atoms with E-state index >= 15 is 0 Å². The standard InChI is InChI=1S/5CH4.2Li/h5*1H4;;. The Morgan fingerprint density at radius 2 is 0.286 bits per heavy atom. The van der Waals surface area contributed by atoms with Crippen molar-refractivity contribution in [1.29, 1.82) is 0 Å². The third kappa shape index (κ3) is 136. The molecule has 0 saturated carbocycles. The van der Waals surface area contributed by atoms with Crippen molar-refractivity contribution in [3.8, 4) is 0 Å². The van der Waals surface area contributed by atoms with Crippen LogP contribution >= 0.6 is 0 Å². The van der Waals surface area contributed by atoms with Gasteiger partial charge in [-0.15, -0.1) is 0 Å². The van der Waals surface area contributed by atoms with Crippen LogP contribution in [0.4, 0.5) is 0 Å². The summed E-state index contributed by atoms with van der Waals surface area (Å²) in [6, 6.07) is 0. The van der Waals surface area contributed by atoms with Crippen LogP contribution in [0.3, 0.4) is 0 Å². The molecule has 0 bridgehead atoms. The zero-order valence-corrected chi connectivity index (χ0v) is 2.00. The van der Waals surface area contributed by atoms with Gasteiger partial charge in [-0.2, -0.15) is 0 Å². The minimum absolute atomic E-state index is 0. The molecule has 7 heavy (non-hydrogen) atoms. The van der Waals surface area contributed by atoms with Gasteiger partial charge in [-0.3, -0.25) is 0 Å². The summed E-state index contributed by atoms with van der Waals surface area (Å²) in [6.07, 6.45) is 0. The summed E-state index contributed by atoms with van der Waals surface area (Å²) in [5.74, 6) is 0. The van der Waals surface area contributed by atoms with Crippen molar-refractivity contribution in [1.82, 2.24) is 0 Å². The van der Waals surface area contributed by atoms with E-state index in [1.807, 2.05) is 0 Å². The average molecular weight is 94.1 g/mol. The van der Waals surface area contributed by atoms with Crippen LogP contribution in [0.25, 0.3) is 0 Å². The Labute approximate surface area is 74.8 Å². The molecule has 0 amide bonds. The Morgan fingerprint density at radius 3 is 0.286 bits per heavy atom. The summed E-state index contributed by atoms with van der Waals surface area (Å²) in [6.45, 7) is 0. The van der Waals surface area contributed by atoms with Crippen molar-refractivity contribution in [3.63, 3.8) is 0 Å². The fourth-order valence-corrected chi connectivity index (χ4v) is 0. The number of hydrogen-bond acceptors (Lipinski definition) is 0. The fourth-order valence-electron chi connectivity index (χ4n) is 0. The molecular formula is C5H20Li2. The molecule has 0 aliphatic rings. The maximum atomic E-state index is 0. The SMILES string of the molecule is C.C.C.C.C.[Li].[Li]. The second kappa shape index (κ2) is 193. The molecule has 0 aromatic heterocycles. The molecule has 0 saturated heterocycles. The second-order valence-electron chi connectivity index (χ2n) is 0. The first-order valence-corrected chi connectivity index (χ1v) is 0. The van der Waals surface area contributed by atoms with Gasteiger partial charge in [0.25, 0.3) is 0 Å². The van der Waals surface area contributed by atoms with Crippen LogP contribution in [0.5, 0.6) is 0 Å². The average Bonchev–Trinajstić information content (AvgIpc) is 0. The maximum Gasteiger partial charge on any atom is 0 e. The van der Waals surface area contributed by atoms with E-state index in [4.69, 9.17) is 0 Å². The Morgan fingerprint density at radius 1 is 0.286 bits per heavy atom. The first-order chi connectivity index (χ1) is 0. The van der Waals surface area contributed by atoms with E-state index in [0.29, 0.717) is 0 Å². The third-order valence-corrected chi connectivity index (χ3v) is 0. The van der Waals surface area contributed by atoms with Gasteiger partial charge in [-0.05, 0) is 0 Å². The van der Waals surface area contributed by atoms with Crippen molar-refractivity contribution in [2.24, 2.45) is 0 Å². The van der Waals surface area contributed by atoms with Crippen molar-refractivity contribution in [2.45, 2.75) is 37.1 Å². The minimum atomic E-state index is 0. The minimum Gasteiger partial charge on any atom is -0.0776 e. The molecular weight excluding hydrogens is 73.9 g/mol. The predicted octanol–water partition coefficient (Wildman–Crippen LogP) is 2.42. The predicted molar refractivity (Wildman–Crippen MR) is 45.2 cm³/mol. The van der Waals surface area contributed by atoms with Gasteiger partial charge in [-0.25, -0.2) is 0 Å². The summed E-state index contributed by atoms with van der Waals surface area (Å²) in [4.78, 5) is 0. The largest absolute Gasteiger partial charge is 0.0776 e. The summed E-state index contributed by atoms with van der Waals surface area (Å²) in [5.41, 5.74) is 0. The van der Waals surface area contributed by atoms with Crippen molar-refractivity contribution in [2.75, 3.05) is 0 Å². The monoisotopic (exact) mass is 94.2 g/mol. The Kier molecular flexibility index (Phi) is 8210. The zero-order valence-electron chi connectivity index (χ0n) is 2.00. The van der Waals surface area contributed by atoms with Gasteiger partial charge < -0.3 is 0 Å². The molecule has 0 fully saturated rings. The Bertz CT molecular complexity index is 6.04. The molecule has 0 rings (SSSR count). The molecule has 0 nitrogen and oxygen atoms in total. The van der Waals surface area contributed by atoms with E-state index in [1.165, 1.54) is 0 Å². The van der Waals surface area contributed by atoms with E-state index in [-0.39, 0.29) is 74.9 Å². The van der Waals surface area contributed by atoms with Crippen molar-refractivity contribution < 1.29 is 0 Å². The van der Waals surface area contributed by atoms with Gasteiger partial charge in [0.1, 0.15) is 0 Å². The molecule has 0 spiro atoms. The number of hydrogen-bond donors (Lipinski definition) is 0. The van der Waals surface area contributed by atoms with E-state index < -0.39 is 0 Å². The molecule has 0 atom stereocenters. The number of rotatable bonds is 0. The van der Waals surface area contributed by atoms with Gasteiger partial charge in [0, 0.05) is 37.7 Å². The normalized spacial score (nSPS) is 0. The molecule has 0 aliphatic heterocycles. The van der Waals surface area contributed by atoms with E-state index in [1.54, 1.807) is 0 Å². The smallest absolute Gasteiger partial charge is 0 e. The Hall–Kier alpha value is 1.19. The van der Waals surface area contributed by atoms with Crippen LogP contribution in [0.15, 0.2) is 0 Å². The van der Waals surface area contributed by atoms with Crippen molar-refractivity contribution >= 4 is 37.7 Å². The molecule has 0 heterocycles. The molecule has 0 aromatic rings. The van der Waals surface area contributed by atoms with Gasteiger partial charge >= 0.3 is 0 Å². The van der Waals surface area contributed by atoms with Crippen LogP contribution in [0, 0.1) is 0 Å². The van der Waals surface area contributed by atoms with Crippen LogP contribution in [0.2, 0.25) is 0 Å². The first-order valence-electron chi connectivity index (χ1n) is 0. The Balaban J connectivity index is 0. The van der Waals surface area contributed by atoms with E-state index in [2.05, 4.69) is 0 Å². The third-order valence-electron chi connectivity index (χ3n) is 0. The molecule has 42 valence electrons. The molecule has 0 aromatic carbocycles. The summed E-state index contributed by atoms with van der Waals surface area (Å²) >= 11 is 0. The van der Waals surface area contributed by atoms with Gasteiger partial charge in [0.05, 0.1) is 0 Å². The van der Waals surface area contributed by atoms with Crippen molar-refractivity contribution in [3.05, 3.63) is 0 Å². The summed E-state index contributed by atoms with van der Waals surface area (Å²) in [7, 11) is 0. The maximum absolute atomic E-state index is 0. The van der Waals surface area contributed by atoms with Gasteiger partial charge in [0.2, 0.25) is 0 Å². The fraction of sp³-hybridized carbons (Fsp3) is 1.00. The van der Waals surface area contributed by atoms with Crippen LogP contribution in [0.1, 0.15) is 37.1 Å². The van der Waals surface area contributed by atoms with Gasteiger partial charge in [-0.1, -0.05) is 37.1 Å². The molecule has 2 heteroatoms. The van der Waals surface area contributed by atoms with Crippen LogP contribution in [-0.4, -0.2) is 37.7 Å². The topological polar surface area (TPSA) is 0 Å². The summed E-state index contributed by atoms with van der Waals surface area (Å²) in [5, 5.41) is 0. The van der Waals surface area contributed by atoms with Crippen LogP contribution in [-0.2, 0) is 0 Å². The summed E-state index contributed by atoms with van der Waals surface area (Å²) < 4.78 is 0. The molecule has 0 aliphatic carbocycles. The van der Waals surface area contributed by atoms with E-state index in [9.17, 15) is 0 Å².